The average molecular weight is 269 g/mol. The van der Waals surface area contributed by atoms with Crippen LogP contribution in [0, 0.1) is 0 Å². The molecule has 0 aliphatic heterocycles. The van der Waals surface area contributed by atoms with Gasteiger partial charge in [0.2, 0.25) is 0 Å². The fraction of sp³-hybridized carbons (Fsp3) is 0.273. The average Bonchev–Trinajstić information content (AvgIpc) is 2.26. The SMILES string of the molecule is FC(F)C(F)(F)Oc1cccc(C=CCCl)c1. The number of benzene rings is 1. The predicted molar refractivity (Wildman–Crippen MR) is 57.8 cm³/mol. The normalized spacial score (nSPS) is 12.4. The Balaban J connectivity index is 2.82. The highest BCUT2D eigenvalue weighted by Gasteiger charge is 2.43. The van der Waals surface area contributed by atoms with Crippen LogP contribution >= 0.6 is 11.6 Å². The fourth-order valence-corrected chi connectivity index (χ4v) is 1.15. The number of halogens is 5. The molecule has 0 fully saturated rings. The number of rotatable bonds is 5. The lowest BCUT2D eigenvalue weighted by Crippen LogP contribution is -2.33. The second kappa shape index (κ2) is 5.91. The Morgan fingerprint density at radius 1 is 1.35 bits per heavy atom. The first-order chi connectivity index (χ1) is 7.95. The Morgan fingerprint density at radius 2 is 2.06 bits per heavy atom. The van der Waals surface area contributed by atoms with Gasteiger partial charge in [0.15, 0.2) is 0 Å². The first-order valence-corrected chi connectivity index (χ1v) is 5.16. The molecule has 0 radical (unpaired) electrons. The lowest BCUT2D eigenvalue weighted by molar-refractivity contribution is -0.253. The first kappa shape index (κ1) is 13.8. The van der Waals surface area contributed by atoms with E-state index in [2.05, 4.69) is 4.74 Å². The zero-order valence-corrected chi connectivity index (χ0v) is 9.30. The predicted octanol–water partition coefficient (Wildman–Crippen LogP) is 4.18. The quantitative estimate of drug-likeness (QED) is 0.575. The highest BCUT2D eigenvalue weighted by Crippen LogP contribution is 2.27. The summed E-state index contributed by atoms with van der Waals surface area (Å²) in [6, 6.07) is 5.43. The van der Waals surface area contributed by atoms with Gasteiger partial charge in [-0.2, -0.15) is 17.6 Å². The van der Waals surface area contributed by atoms with Gasteiger partial charge >= 0.3 is 12.5 Å². The van der Waals surface area contributed by atoms with Crippen molar-refractivity contribution in [1.82, 2.24) is 0 Å². The summed E-state index contributed by atoms with van der Waals surface area (Å²) >= 11 is 5.40. The van der Waals surface area contributed by atoms with Crippen molar-refractivity contribution >= 4 is 17.7 Å². The smallest absolute Gasteiger partial charge is 0.428 e. The van der Waals surface area contributed by atoms with Gasteiger partial charge in [-0.1, -0.05) is 24.3 Å². The number of ether oxygens (including phenoxy) is 1. The van der Waals surface area contributed by atoms with Crippen LogP contribution in [0.4, 0.5) is 17.6 Å². The van der Waals surface area contributed by atoms with Gasteiger partial charge in [-0.05, 0) is 17.7 Å². The largest absolute Gasteiger partial charge is 0.461 e. The van der Waals surface area contributed by atoms with Crippen molar-refractivity contribution in [3.05, 3.63) is 35.9 Å². The summed E-state index contributed by atoms with van der Waals surface area (Å²) < 4.78 is 52.9. The molecule has 1 aromatic rings. The van der Waals surface area contributed by atoms with E-state index in [1.165, 1.54) is 18.2 Å². The molecule has 0 aliphatic rings. The maximum absolute atomic E-state index is 12.6. The molecule has 1 nitrogen and oxygen atoms in total. The molecule has 0 saturated carbocycles. The van der Waals surface area contributed by atoms with E-state index in [9.17, 15) is 17.6 Å². The zero-order chi connectivity index (χ0) is 12.9. The van der Waals surface area contributed by atoms with Gasteiger partial charge in [0.1, 0.15) is 5.75 Å². The standard InChI is InChI=1S/C11H9ClF4O/c12-6-2-4-8-3-1-5-9(7-8)17-11(15,16)10(13)14/h1-5,7,10H,6H2. The second-order valence-electron chi connectivity index (χ2n) is 3.09. The van der Waals surface area contributed by atoms with Crippen molar-refractivity contribution in [2.24, 2.45) is 0 Å². The Morgan fingerprint density at radius 3 is 2.65 bits per heavy atom. The van der Waals surface area contributed by atoms with Crippen LogP contribution < -0.4 is 4.74 Å². The molecule has 0 saturated heterocycles. The van der Waals surface area contributed by atoms with E-state index in [1.807, 2.05) is 0 Å². The van der Waals surface area contributed by atoms with Gasteiger partial charge in [-0.15, -0.1) is 11.6 Å². The van der Waals surface area contributed by atoms with Crippen molar-refractivity contribution in [3.63, 3.8) is 0 Å². The summed E-state index contributed by atoms with van der Waals surface area (Å²) in [4.78, 5) is 0. The van der Waals surface area contributed by atoms with Crippen molar-refractivity contribution in [2.75, 3.05) is 5.88 Å². The molecule has 0 bridgehead atoms. The monoisotopic (exact) mass is 268 g/mol. The molecule has 0 heterocycles. The molecular formula is C11H9ClF4O. The molecular weight excluding hydrogens is 260 g/mol. The lowest BCUT2D eigenvalue weighted by Gasteiger charge is -2.16. The van der Waals surface area contributed by atoms with Crippen LogP contribution in [-0.4, -0.2) is 18.4 Å². The van der Waals surface area contributed by atoms with Crippen molar-refractivity contribution < 1.29 is 22.3 Å². The number of alkyl halides is 5. The fourth-order valence-electron chi connectivity index (χ4n) is 1.06. The molecule has 0 unspecified atom stereocenters. The highest BCUT2D eigenvalue weighted by atomic mass is 35.5. The summed E-state index contributed by atoms with van der Waals surface area (Å²) in [6.45, 7) is 0. The second-order valence-corrected chi connectivity index (χ2v) is 3.40. The summed E-state index contributed by atoms with van der Waals surface area (Å²) in [7, 11) is 0. The summed E-state index contributed by atoms with van der Waals surface area (Å²) in [5.74, 6) is -0.0646. The Kier molecular flexibility index (Phi) is 4.81. The van der Waals surface area contributed by atoms with Gasteiger partial charge in [0.05, 0.1) is 0 Å². The lowest BCUT2D eigenvalue weighted by atomic mass is 10.2. The van der Waals surface area contributed by atoms with Gasteiger partial charge < -0.3 is 4.74 Å². The van der Waals surface area contributed by atoms with Gasteiger partial charge in [-0.3, -0.25) is 0 Å². The molecule has 0 aromatic heterocycles. The Bertz CT molecular complexity index is 393. The van der Waals surface area contributed by atoms with Crippen molar-refractivity contribution in [1.29, 1.82) is 0 Å². The topological polar surface area (TPSA) is 9.23 Å². The van der Waals surface area contributed by atoms with Crippen LogP contribution in [0.5, 0.6) is 5.75 Å². The van der Waals surface area contributed by atoms with Gasteiger partial charge in [-0.25, -0.2) is 0 Å². The van der Waals surface area contributed by atoms with Crippen molar-refractivity contribution in [3.8, 4) is 5.75 Å². The molecule has 0 amide bonds. The minimum Gasteiger partial charge on any atom is -0.428 e. The van der Waals surface area contributed by atoms with E-state index < -0.39 is 12.5 Å². The third-order valence-electron chi connectivity index (χ3n) is 1.77. The molecule has 6 heteroatoms. The van der Waals surface area contributed by atoms with Crippen LogP contribution in [0.25, 0.3) is 6.08 Å². The first-order valence-electron chi connectivity index (χ1n) is 4.63. The summed E-state index contributed by atoms with van der Waals surface area (Å²) in [5, 5.41) is 0. The highest BCUT2D eigenvalue weighted by molar-refractivity contribution is 6.19. The van der Waals surface area contributed by atoms with Gasteiger partial charge in [0.25, 0.3) is 0 Å². The van der Waals surface area contributed by atoms with Crippen molar-refractivity contribution in [2.45, 2.75) is 12.5 Å². The van der Waals surface area contributed by atoms with Crippen LogP contribution in [0.1, 0.15) is 5.56 Å². The molecule has 0 atom stereocenters. The van der Waals surface area contributed by atoms with Crippen LogP contribution in [0.3, 0.4) is 0 Å². The van der Waals surface area contributed by atoms with Crippen LogP contribution in [-0.2, 0) is 0 Å². The molecule has 0 N–H and O–H groups in total. The summed E-state index contributed by atoms with van der Waals surface area (Å²) in [6.07, 6.45) is -5.20. The third-order valence-corrected chi connectivity index (χ3v) is 1.94. The molecule has 94 valence electrons. The van der Waals surface area contributed by atoms with E-state index in [-0.39, 0.29) is 11.6 Å². The number of hydrogen-bond donors (Lipinski definition) is 0. The van der Waals surface area contributed by atoms with E-state index in [0.717, 1.165) is 0 Å². The Hall–Kier alpha value is -1.23. The van der Waals surface area contributed by atoms with E-state index in [4.69, 9.17) is 11.6 Å². The minimum absolute atomic E-state index is 0.262. The third kappa shape index (κ3) is 4.26. The van der Waals surface area contributed by atoms with Gasteiger partial charge in [0, 0.05) is 5.88 Å². The zero-order valence-electron chi connectivity index (χ0n) is 8.55. The Labute approximate surface area is 101 Å². The minimum atomic E-state index is -4.49. The number of allylic oxidation sites excluding steroid dienone is 1. The molecule has 1 aromatic carbocycles. The summed E-state index contributed by atoms with van der Waals surface area (Å²) in [5.41, 5.74) is 0.535. The maximum Gasteiger partial charge on any atom is 0.461 e. The molecule has 1 rings (SSSR count). The number of hydrogen-bond acceptors (Lipinski definition) is 1. The molecule has 17 heavy (non-hydrogen) atoms. The molecule has 0 spiro atoms. The van der Waals surface area contributed by atoms with E-state index in [0.29, 0.717) is 5.56 Å². The van der Waals surface area contributed by atoms with Crippen LogP contribution in [0.15, 0.2) is 30.3 Å². The molecule has 0 aliphatic carbocycles. The van der Waals surface area contributed by atoms with E-state index >= 15 is 0 Å². The maximum atomic E-state index is 12.6. The van der Waals surface area contributed by atoms with Crippen LogP contribution in [0.2, 0.25) is 0 Å². The van der Waals surface area contributed by atoms with E-state index in [1.54, 1.807) is 18.2 Å².